The third kappa shape index (κ3) is 2.70. The Morgan fingerprint density at radius 3 is 2.83 bits per heavy atom. The molecule has 0 N–H and O–H groups in total. The fourth-order valence-corrected chi connectivity index (χ4v) is 3.77. The summed E-state index contributed by atoms with van der Waals surface area (Å²) < 4.78 is 0. The first-order valence-electron chi connectivity index (χ1n) is 7.17. The van der Waals surface area contributed by atoms with Gasteiger partial charge in [-0.2, -0.15) is 0 Å². The van der Waals surface area contributed by atoms with E-state index in [9.17, 15) is 0 Å². The monoisotopic (exact) mass is 264 g/mol. The van der Waals surface area contributed by atoms with Crippen LogP contribution in [0.1, 0.15) is 44.1 Å². The highest BCUT2D eigenvalue weighted by Crippen LogP contribution is 2.35. The Bertz CT molecular complexity index is 388. The van der Waals surface area contributed by atoms with Crippen molar-refractivity contribution in [2.75, 3.05) is 6.54 Å². The Labute approximate surface area is 114 Å². The number of nitrogens with zero attached hydrogens (tertiary/aromatic N) is 2. The minimum Gasteiger partial charge on any atom is -0.296 e. The SMILES string of the molecule is Clc1ccc(CN2CCCC3CCCCC32)cn1. The van der Waals surface area contributed by atoms with Gasteiger partial charge in [-0.05, 0) is 49.8 Å². The van der Waals surface area contributed by atoms with Crippen molar-refractivity contribution in [2.24, 2.45) is 5.92 Å². The molecule has 18 heavy (non-hydrogen) atoms. The van der Waals surface area contributed by atoms with Gasteiger partial charge in [0, 0.05) is 18.8 Å². The highest BCUT2D eigenvalue weighted by Gasteiger charge is 2.32. The first-order valence-corrected chi connectivity index (χ1v) is 7.55. The molecule has 1 saturated carbocycles. The van der Waals surface area contributed by atoms with E-state index in [1.165, 1.54) is 50.6 Å². The maximum atomic E-state index is 5.84. The second-order valence-electron chi connectivity index (χ2n) is 5.71. The summed E-state index contributed by atoms with van der Waals surface area (Å²) in [6.07, 6.45) is 10.4. The van der Waals surface area contributed by atoms with Crippen LogP contribution < -0.4 is 0 Å². The van der Waals surface area contributed by atoms with Gasteiger partial charge in [0.05, 0.1) is 0 Å². The van der Waals surface area contributed by atoms with Gasteiger partial charge < -0.3 is 0 Å². The van der Waals surface area contributed by atoms with Gasteiger partial charge in [0.15, 0.2) is 0 Å². The van der Waals surface area contributed by atoms with Crippen LogP contribution in [0.4, 0.5) is 0 Å². The quantitative estimate of drug-likeness (QED) is 0.754. The molecule has 0 spiro atoms. The Balaban J connectivity index is 1.69. The molecule has 1 aromatic rings. The van der Waals surface area contributed by atoms with Crippen LogP contribution in [0.15, 0.2) is 18.3 Å². The van der Waals surface area contributed by atoms with Crippen molar-refractivity contribution in [2.45, 2.75) is 51.1 Å². The zero-order chi connectivity index (χ0) is 12.4. The molecule has 0 amide bonds. The predicted molar refractivity (Wildman–Crippen MR) is 74.6 cm³/mol. The fourth-order valence-electron chi connectivity index (χ4n) is 3.66. The molecule has 2 heterocycles. The molecule has 2 nitrogen and oxygen atoms in total. The van der Waals surface area contributed by atoms with E-state index in [-0.39, 0.29) is 0 Å². The molecule has 2 unspecified atom stereocenters. The second-order valence-corrected chi connectivity index (χ2v) is 6.10. The molecule has 3 heteroatoms. The summed E-state index contributed by atoms with van der Waals surface area (Å²) in [6, 6.07) is 4.84. The van der Waals surface area contributed by atoms with Crippen molar-refractivity contribution < 1.29 is 0 Å². The molecular formula is C15H21ClN2. The van der Waals surface area contributed by atoms with Crippen LogP contribution in [0.2, 0.25) is 5.15 Å². The van der Waals surface area contributed by atoms with E-state index in [1.807, 2.05) is 12.3 Å². The lowest BCUT2D eigenvalue weighted by molar-refractivity contribution is 0.0546. The zero-order valence-corrected chi connectivity index (χ0v) is 11.6. The van der Waals surface area contributed by atoms with E-state index in [4.69, 9.17) is 11.6 Å². The van der Waals surface area contributed by atoms with Crippen LogP contribution in [-0.2, 0) is 6.54 Å². The van der Waals surface area contributed by atoms with Crippen molar-refractivity contribution in [1.29, 1.82) is 0 Å². The number of piperidine rings is 1. The van der Waals surface area contributed by atoms with Gasteiger partial charge in [-0.25, -0.2) is 4.98 Å². The Morgan fingerprint density at radius 1 is 1.17 bits per heavy atom. The van der Waals surface area contributed by atoms with Crippen molar-refractivity contribution in [3.63, 3.8) is 0 Å². The van der Waals surface area contributed by atoms with Crippen LogP contribution in [0.5, 0.6) is 0 Å². The standard InChI is InChI=1S/C15H21ClN2/c16-15-8-7-12(10-17-15)11-18-9-3-5-13-4-1-2-6-14(13)18/h7-8,10,13-14H,1-6,9,11H2. The summed E-state index contributed by atoms with van der Waals surface area (Å²) in [6.45, 7) is 2.30. The van der Waals surface area contributed by atoms with E-state index in [1.54, 1.807) is 0 Å². The Hall–Kier alpha value is -0.600. The topological polar surface area (TPSA) is 16.1 Å². The smallest absolute Gasteiger partial charge is 0.129 e. The molecule has 2 fully saturated rings. The van der Waals surface area contributed by atoms with Gasteiger partial charge in [0.25, 0.3) is 0 Å². The molecule has 0 bridgehead atoms. The van der Waals surface area contributed by atoms with E-state index in [0.29, 0.717) is 5.15 Å². The van der Waals surface area contributed by atoms with E-state index >= 15 is 0 Å². The lowest BCUT2D eigenvalue weighted by Crippen LogP contribution is -2.46. The molecule has 2 atom stereocenters. The highest BCUT2D eigenvalue weighted by atomic mass is 35.5. The van der Waals surface area contributed by atoms with Gasteiger partial charge >= 0.3 is 0 Å². The second kappa shape index (κ2) is 5.58. The van der Waals surface area contributed by atoms with Crippen molar-refractivity contribution in [3.05, 3.63) is 29.0 Å². The molecule has 1 aliphatic carbocycles. The number of hydrogen-bond donors (Lipinski definition) is 0. The number of fused-ring (bicyclic) bond motifs is 1. The van der Waals surface area contributed by atoms with Crippen molar-refractivity contribution in [3.8, 4) is 0 Å². The lowest BCUT2D eigenvalue weighted by atomic mass is 9.78. The van der Waals surface area contributed by atoms with E-state index in [0.717, 1.165) is 18.5 Å². The summed E-state index contributed by atoms with van der Waals surface area (Å²) in [4.78, 5) is 6.87. The van der Waals surface area contributed by atoms with Gasteiger partial charge in [0.1, 0.15) is 5.15 Å². The summed E-state index contributed by atoms with van der Waals surface area (Å²) in [5, 5.41) is 0.591. The number of rotatable bonds is 2. The van der Waals surface area contributed by atoms with Crippen LogP contribution in [0.25, 0.3) is 0 Å². The third-order valence-corrected chi connectivity index (χ3v) is 4.76. The minimum absolute atomic E-state index is 0.591. The molecular weight excluding hydrogens is 244 g/mol. The highest BCUT2D eigenvalue weighted by molar-refractivity contribution is 6.29. The molecule has 1 aliphatic heterocycles. The van der Waals surface area contributed by atoms with Crippen molar-refractivity contribution >= 4 is 11.6 Å². The van der Waals surface area contributed by atoms with E-state index < -0.39 is 0 Å². The molecule has 2 aliphatic rings. The molecule has 98 valence electrons. The predicted octanol–water partition coefficient (Wildman–Crippen LogP) is 3.89. The van der Waals surface area contributed by atoms with Crippen LogP contribution in [0, 0.1) is 5.92 Å². The Kier molecular flexibility index (Phi) is 3.86. The van der Waals surface area contributed by atoms with Crippen molar-refractivity contribution in [1.82, 2.24) is 9.88 Å². The molecule has 3 rings (SSSR count). The number of hydrogen-bond acceptors (Lipinski definition) is 2. The van der Waals surface area contributed by atoms with Gasteiger partial charge in [-0.1, -0.05) is 30.5 Å². The molecule has 0 aromatic carbocycles. The van der Waals surface area contributed by atoms with Gasteiger partial charge in [-0.3, -0.25) is 4.90 Å². The fraction of sp³-hybridized carbons (Fsp3) is 0.667. The molecule has 1 saturated heterocycles. The number of aromatic nitrogens is 1. The maximum absolute atomic E-state index is 5.84. The summed E-state index contributed by atoms with van der Waals surface area (Å²) in [5.41, 5.74) is 1.30. The number of halogens is 1. The number of likely N-dealkylation sites (tertiary alicyclic amines) is 1. The Morgan fingerprint density at radius 2 is 2.00 bits per heavy atom. The van der Waals surface area contributed by atoms with Gasteiger partial charge in [-0.15, -0.1) is 0 Å². The molecule has 0 radical (unpaired) electrons. The number of pyridine rings is 1. The summed E-state index contributed by atoms with van der Waals surface area (Å²) >= 11 is 5.84. The normalized spacial score (nSPS) is 28.9. The first kappa shape index (κ1) is 12.4. The van der Waals surface area contributed by atoms with E-state index in [2.05, 4.69) is 16.0 Å². The minimum atomic E-state index is 0.591. The zero-order valence-electron chi connectivity index (χ0n) is 10.8. The summed E-state index contributed by atoms with van der Waals surface area (Å²) in [7, 11) is 0. The lowest BCUT2D eigenvalue weighted by Gasteiger charge is -2.44. The molecule has 1 aromatic heterocycles. The average Bonchev–Trinajstić information content (AvgIpc) is 2.42. The first-order chi connectivity index (χ1) is 8.83. The summed E-state index contributed by atoms with van der Waals surface area (Å²) in [5.74, 6) is 0.952. The van der Waals surface area contributed by atoms with Crippen LogP contribution in [0.3, 0.4) is 0 Å². The van der Waals surface area contributed by atoms with Crippen LogP contribution in [-0.4, -0.2) is 22.5 Å². The van der Waals surface area contributed by atoms with Gasteiger partial charge in [0.2, 0.25) is 0 Å². The van der Waals surface area contributed by atoms with Crippen LogP contribution >= 0.6 is 11.6 Å². The maximum Gasteiger partial charge on any atom is 0.129 e. The third-order valence-electron chi connectivity index (χ3n) is 4.53. The largest absolute Gasteiger partial charge is 0.296 e. The average molecular weight is 265 g/mol.